The Balaban J connectivity index is 0.00000162. The molecular formula is C10H9BrNNaO3S2. The van der Waals surface area contributed by atoms with E-state index in [1.54, 1.807) is 6.07 Å². The summed E-state index contributed by atoms with van der Waals surface area (Å²) in [7, 11) is -4.32. The van der Waals surface area contributed by atoms with Crippen LogP contribution in [0.2, 0.25) is 0 Å². The zero-order valence-electron chi connectivity index (χ0n) is 10.4. The number of halogens is 1. The van der Waals surface area contributed by atoms with Crippen LogP contribution in [0.3, 0.4) is 0 Å². The zero-order valence-corrected chi connectivity index (χ0v) is 14.6. The van der Waals surface area contributed by atoms with Gasteiger partial charge in [0.1, 0.15) is 4.90 Å². The third-order valence-corrected chi connectivity index (χ3v) is 4.43. The molecule has 0 unspecified atom stereocenters. The molecule has 0 aliphatic heterocycles. The molecule has 0 saturated carbocycles. The quantitative estimate of drug-likeness (QED) is 0.454. The van der Waals surface area contributed by atoms with Crippen LogP contribution in [0.1, 0.15) is 1.43 Å². The average molecular weight is 358 g/mol. The molecule has 0 spiro atoms. The Morgan fingerprint density at radius 3 is 2.56 bits per heavy atom. The first kappa shape index (κ1) is 16.2. The van der Waals surface area contributed by atoms with Crippen molar-refractivity contribution in [1.82, 2.24) is 0 Å². The largest absolute Gasteiger partial charge is 1.00 e. The second-order valence-corrected chi connectivity index (χ2v) is 6.57. The van der Waals surface area contributed by atoms with Crippen molar-refractivity contribution in [2.75, 3.05) is 5.73 Å². The van der Waals surface area contributed by atoms with Crippen molar-refractivity contribution in [2.45, 2.75) is 4.90 Å². The summed E-state index contributed by atoms with van der Waals surface area (Å²) in [6.07, 6.45) is 0. The molecule has 2 rings (SSSR count). The van der Waals surface area contributed by atoms with Crippen LogP contribution in [0, 0.1) is 0 Å². The van der Waals surface area contributed by atoms with E-state index in [4.69, 9.17) is 10.3 Å². The maximum atomic E-state index is 11.2. The van der Waals surface area contributed by atoms with E-state index in [0.29, 0.717) is 10.0 Å². The molecule has 1 aromatic heterocycles. The standard InChI is InChI=1S/C10H8BrNO3S2.Na.H/c11-6-4-7(8-2-1-3-16-8)10(12)9(5-6)17(13,14)15;;/h1-5H,12H2,(H,13,14,15);;/q;+1;-1. The topological polar surface area (TPSA) is 80.4 Å². The van der Waals surface area contributed by atoms with Crippen LogP contribution in [0.25, 0.3) is 10.4 Å². The van der Waals surface area contributed by atoms with Gasteiger partial charge in [-0.1, -0.05) is 22.0 Å². The van der Waals surface area contributed by atoms with Crippen molar-refractivity contribution in [1.29, 1.82) is 0 Å². The first-order chi connectivity index (χ1) is 7.89. The van der Waals surface area contributed by atoms with Crippen LogP contribution in [0.15, 0.2) is 39.0 Å². The molecule has 92 valence electrons. The van der Waals surface area contributed by atoms with Crippen molar-refractivity contribution < 1.29 is 44.0 Å². The summed E-state index contributed by atoms with van der Waals surface area (Å²) in [4.78, 5) is 0.559. The molecule has 1 heterocycles. The van der Waals surface area contributed by atoms with Gasteiger partial charge in [0.2, 0.25) is 0 Å². The van der Waals surface area contributed by atoms with Crippen molar-refractivity contribution in [3.8, 4) is 10.4 Å². The van der Waals surface area contributed by atoms with Gasteiger partial charge in [0.05, 0.1) is 5.69 Å². The minimum atomic E-state index is -4.32. The number of nitrogen functional groups attached to an aromatic ring is 1. The fourth-order valence-electron chi connectivity index (χ4n) is 1.44. The molecule has 2 aromatic rings. The minimum Gasteiger partial charge on any atom is -1.00 e. The minimum absolute atomic E-state index is 0. The Hall–Kier alpha value is 0.110. The summed E-state index contributed by atoms with van der Waals surface area (Å²) in [5.74, 6) is 0. The molecule has 8 heteroatoms. The van der Waals surface area contributed by atoms with Gasteiger partial charge in [-0.3, -0.25) is 4.55 Å². The van der Waals surface area contributed by atoms with Gasteiger partial charge in [-0.15, -0.1) is 11.3 Å². The van der Waals surface area contributed by atoms with Crippen molar-refractivity contribution in [3.05, 3.63) is 34.1 Å². The monoisotopic (exact) mass is 357 g/mol. The van der Waals surface area contributed by atoms with Crippen LogP contribution in [0.5, 0.6) is 0 Å². The normalized spacial score (nSPS) is 11.0. The van der Waals surface area contributed by atoms with Gasteiger partial charge in [0.15, 0.2) is 0 Å². The van der Waals surface area contributed by atoms with Crippen LogP contribution < -0.4 is 35.3 Å². The number of rotatable bonds is 2. The zero-order chi connectivity index (χ0) is 12.6. The SMILES string of the molecule is Nc1c(-c2cccs2)cc(Br)cc1S(=O)(=O)O.[H-].[Na+]. The molecule has 0 amide bonds. The van der Waals surface area contributed by atoms with E-state index in [9.17, 15) is 8.42 Å². The Morgan fingerprint density at radius 1 is 1.39 bits per heavy atom. The molecule has 0 fully saturated rings. The third-order valence-electron chi connectivity index (χ3n) is 2.17. The van der Waals surface area contributed by atoms with Gasteiger partial charge in [-0.2, -0.15) is 8.42 Å². The van der Waals surface area contributed by atoms with E-state index in [1.165, 1.54) is 17.4 Å². The number of benzene rings is 1. The third kappa shape index (κ3) is 3.36. The number of hydrogen-bond acceptors (Lipinski definition) is 4. The molecule has 3 N–H and O–H groups in total. The second-order valence-electron chi connectivity index (χ2n) is 3.32. The summed E-state index contributed by atoms with van der Waals surface area (Å²) in [5, 5.41) is 1.86. The Morgan fingerprint density at radius 2 is 2.06 bits per heavy atom. The van der Waals surface area contributed by atoms with E-state index in [0.717, 1.165) is 4.88 Å². The number of hydrogen-bond donors (Lipinski definition) is 2. The predicted molar refractivity (Wildman–Crippen MR) is 72.8 cm³/mol. The number of anilines is 1. The first-order valence-corrected chi connectivity index (χ1v) is 7.61. The fourth-order valence-corrected chi connectivity index (χ4v) is 3.47. The van der Waals surface area contributed by atoms with Crippen molar-refractivity contribution >= 4 is 43.1 Å². The van der Waals surface area contributed by atoms with Gasteiger partial charge in [0, 0.05) is 14.9 Å². The first-order valence-electron chi connectivity index (χ1n) is 4.50. The second kappa shape index (κ2) is 6.04. The molecule has 1 aromatic carbocycles. The summed E-state index contributed by atoms with van der Waals surface area (Å²) in [6, 6.07) is 6.67. The van der Waals surface area contributed by atoms with Gasteiger partial charge >= 0.3 is 29.6 Å². The van der Waals surface area contributed by atoms with Crippen LogP contribution in [-0.4, -0.2) is 13.0 Å². The summed E-state index contributed by atoms with van der Waals surface area (Å²) >= 11 is 4.64. The maximum absolute atomic E-state index is 11.2. The fraction of sp³-hybridized carbons (Fsp3) is 0. The van der Waals surface area contributed by atoms with E-state index in [1.807, 2.05) is 17.5 Å². The van der Waals surface area contributed by atoms with Crippen LogP contribution >= 0.6 is 27.3 Å². The number of thiophene rings is 1. The maximum Gasteiger partial charge on any atom is 1.00 e. The van der Waals surface area contributed by atoms with Gasteiger partial charge < -0.3 is 7.16 Å². The molecule has 0 atom stereocenters. The predicted octanol–water partition coefficient (Wildman–Crippen LogP) is 0.123. The average Bonchev–Trinajstić information content (AvgIpc) is 2.72. The molecule has 0 saturated heterocycles. The van der Waals surface area contributed by atoms with Crippen LogP contribution in [-0.2, 0) is 10.1 Å². The van der Waals surface area contributed by atoms with Crippen molar-refractivity contribution in [2.24, 2.45) is 0 Å². The molecule has 18 heavy (non-hydrogen) atoms. The molecule has 0 radical (unpaired) electrons. The van der Waals surface area contributed by atoms with E-state index in [2.05, 4.69) is 15.9 Å². The van der Waals surface area contributed by atoms with Gasteiger partial charge in [-0.25, -0.2) is 0 Å². The Bertz CT molecular complexity index is 662. The summed E-state index contributed by atoms with van der Waals surface area (Å²) in [6.45, 7) is 0. The van der Waals surface area contributed by atoms with Gasteiger partial charge in [0.25, 0.3) is 10.1 Å². The molecule has 4 nitrogen and oxygen atoms in total. The van der Waals surface area contributed by atoms with Crippen LogP contribution in [0.4, 0.5) is 5.69 Å². The van der Waals surface area contributed by atoms with E-state index in [-0.39, 0.29) is 41.6 Å². The molecule has 0 aliphatic rings. The van der Waals surface area contributed by atoms with E-state index < -0.39 is 10.1 Å². The Labute approximate surface area is 141 Å². The summed E-state index contributed by atoms with van der Waals surface area (Å²) in [5.41, 5.74) is 6.42. The van der Waals surface area contributed by atoms with E-state index >= 15 is 0 Å². The Kier molecular flexibility index (Phi) is 5.43. The van der Waals surface area contributed by atoms with Gasteiger partial charge in [-0.05, 0) is 23.6 Å². The smallest absolute Gasteiger partial charge is 1.00 e. The summed E-state index contributed by atoms with van der Waals surface area (Å²) < 4.78 is 32.0. The molecule has 0 aliphatic carbocycles. The van der Waals surface area contributed by atoms with Crippen molar-refractivity contribution in [3.63, 3.8) is 0 Å². The number of nitrogens with two attached hydrogens (primary N) is 1. The molecule has 0 bridgehead atoms. The molecular weight excluding hydrogens is 349 g/mol.